The molecule has 0 spiro atoms. The number of halogens is 1. The zero-order chi connectivity index (χ0) is 20.7. The van der Waals surface area contributed by atoms with Crippen molar-refractivity contribution < 1.29 is 9.59 Å². The molecule has 28 heavy (non-hydrogen) atoms. The van der Waals surface area contributed by atoms with Crippen LogP contribution in [0, 0.1) is 0 Å². The van der Waals surface area contributed by atoms with E-state index in [-0.39, 0.29) is 30.9 Å². The number of rotatable bonds is 8. The molecule has 0 aliphatic carbocycles. The molecule has 2 rings (SSSR count). The van der Waals surface area contributed by atoms with Gasteiger partial charge in [0.25, 0.3) is 0 Å². The minimum absolute atomic E-state index is 0.0934. The summed E-state index contributed by atoms with van der Waals surface area (Å²) in [4.78, 5) is 26.1. The Bertz CT molecular complexity index is 806. The Morgan fingerprint density at radius 2 is 1.50 bits per heavy atom. The number of hydrogen-bond donors (Lipinski definition) is 2. The zero-order valence-electron chi connectivity index (χ0n) is 16.8. The number of amides is 2. The second-order valence-corrected chi connectivity index (χ2v) is 7.72. The summed E-state index contributed by atoms with van der Waals surface area (Å²) in [6, 6.07) is 15.2. The van der Waals surface area contributed by atoms with Gasteiger partial charge in [0.05, 0.1) is 29.8 Å². The van der Waals surface area contributed by atoms with Gasteiger partial charge in [-0.1, -0.05) is 61.8 Å². The molecular formula is C22H28ClN3O2. The van der Waals surface area contributed by atoms with Gasteiger partial charge in [-0.25, -0.2) is 0 Å². The van der Waals surface area contributed by atoms with Crippen LogP contribution in [0.5, 0.6) is 0 Å². The molecular weight excluding hydrogens is 374 g/mol. The Balaban J connectivity index is 1.81. The Labute approximate surface area is 172 Å². The highest BCUT2D eigenvalue weighted by Gasteiger charge is 2.14. The first-order valence-corrected chi connectivity index (χ1v) is 9.76. The zero-order valence-corrected chi connectivity index (χ0v) is 17.6. The predicted molar refractivity (Wildman–Crippen MR) is 115 cm³/mol. The first kappa shape index (κ1) is 21.9. The maximum Gasteiger partial charge on any atom is 0.238 e. The van der Waals surface area contributed by atoms with Crippen molar-refractivity contribution in [2.45, 2.75) is 32.7 Å². The molecule has 2 N–H and O–H groups in total. The molecule has 1 atom stereocenters. The first-order chi connectivity index (χ1) is 13.3. The third-order valence-corrected chi connectivity index (χ3v) is 4.79. The van der Waals surface area contributed by atoms with E-state index in [2.05, 4.69) is 36.6 Å². The van der Waals surface area contributed by atoms with Crippen molar-refractivity contribution in [2.24, 2.45) is 0 Å². The van der Waals surface area contributed by atoms with Crippen molar-refractivity contribution in [2.75, 3.05) is 25.5 Å². The Kier molecular flexibility index (Phi) is 8.03. The van der Waals surface area contributed by atoms with E-state index in [0.717, 1.165) is 5.56 Å². The minimum atomic E-state index is -0.222. The van der Waals surface area contributed by atoms with Gasteiger partial charge < -0.3 is 10.6 Å². The van der Waals surface area contributed by atoms with E-state index in [4.69, 9.17) is 11.6 Å². The van der Waals surface area contributed by atoms with E-state index in [1.807, 2.05) is 19.1 Å². The van der Waals surface area contributed by atoms with Crippen LogP contribution in [0.25, 0.3) is 0 Å². The van der Waals surface area contributed by atoms with Crippen LogP contribution in [-0.2, 0) is 9.59 Å². The average molecular weight is 402 g/mol. The van der Waals surface area contributed by atoms with Crippen LogP contribution in [0.15, 0.2) is 48.5 Å². The molecule has 0 saturated heterocycles. The molecule has 2 amide bonds. The van der Waals surface area contributed by atoms with Gasteiger partial charge in [-0.2, -0.15) is 0 Å². The molecule has 5 nitrogen and oxygen atoms in total. The highest BCUT2D eigenvalue weighted by molar-refractivity contribution is 6.33. The third kappa shape index (κ3) is 6.66. The van der Waals surface area contributed by atoms with E-state index < -0.39 is 0 Å². The smallest absolute Gasteiger partial charge is 0.238 e. The monoisotopic (exact) mass is 401 g/mol. The van der Waals surface area contributed by atoms with Gasteiger partial charge in [0.1, 0.15) is 0 Å². The molecule has 0 radical (unpaired) electrons. The topological polar surface area (TPSA) is 61.4 Å². The number of carbonyl (C=O) groups is 2. The molecule has 0 aromatic heterocycles. The summed E-state index contributed by atoms with van der Waals surface area (Å²) in [6.07, 6.45) is 0. The van der Waals surface area contributed by atoms with Gasteiger partial charge in [-0.15, -0.1) is 0 Å². The fourth-order valence-corrected chi connectivity index (χ4v) is 3.02. The lowest BCUT2D eigenvalue weighted by Crippen LogP contribution is -2.39. The number of para-hydroxylation sites is 1. The van der Waals surface area contributed by atoms with Crippen molar-refractivity contribution in [3.05, 3.63) is 64.7 Å². The SMILES string of the molecule is CC(C)c1ccc([C@H](C)NC(=O)CN(C)CC(=O)Nc2ccccc2Cl)cc1. The van der Waals surface area contributed by atoms with Crippen LogP contribution in [0.3, 0.4) is 0 Å². The Morgan fingerprint density at radius 1 is 0.929 bits per heavy atom. The van der Waals surface area contributed by atoms with Gasteiger partial charge in [0.15, 0.2) is 0 Å². The average Bonchev–Trinajstić information content (AvgIpc) is 2.63. The summed E-state index contributed by atoms with van der Waals surface area (Å²) in [7, 11) is 1.73. The van der Waals surface area contributed by atoms with E-state index in [0.29, 0.717) is 16.6 Å². The maximum atomic E-state index is 12.3. The summed E-state index contributed by atoms with van der Waals surface area (Å²) in [5.41, 5.74) is 2.88. The Morgan fingerprint density at radius 3 is 2.11 bits per heavy atom. The molecule has 150 valence electrons. The summed E-state index contributed by atoms with van der Waals surface area (Å²) in [5.74, 6) is 0.124. The van der Waals surface area contributed by atoms with Crippen LogP contribution in [0.2, 0.25) is 5.02 Å². The fraction of sp³-hybridized carbons (Fsp3) is 0.364. The van der Waals surface area contributed by atoms with Crippen LogP contribution in [-0.4, -0.2) is 36.9 Å². The number of carbonyl (C=O) groups excluding carboxylic acids is 2. The van der Waals surface area contributed by atoms with E-state index in [1.165, 1.54) is 5.56 Å². The second kappa shape index (κ2) is 10.2. The third-order valence-electron chi connectivity index (χ3n) is 4.46. The number of nitrogens with one attached hydrogen (secondary N) is 2. The molecule has 0 heterocycles. The predicted octanol–water partition coefficient (Wildman–Crippen LogP) is 4.21. The summed E-state index contributed by atoms with van der Waals surface area (Å²) in [5, 5.41) is 6.21. The van der Waals surface area contributed by atoms with Crippen molar-refractivity contribution in [1.29, 1.82) is 0 Å². The molecule has 0 unspecified atom stereocenters. The quantitative estimate of drug-likeness (QED) is 0.696. The van der Waals surface area contributed by atoms with Crippen molar-refractivity contribution in [1.82, 2.24) is 10.2 Å². The normalized spacial score (nSPS) is 12.1. The lowest BCUT2D eigenvalue weighted by atomic mass is 9.99. The number of hydrogen-bond acceptors (Lipinski definition) is 3. The van der Waals surface area contributed by atoms with Crippen LogP contribution in [0.4, 0.5) is 5.69 Å². The van der Waals surface area contributed by atoms with Gasteiger partial charge in [0, 0.05) is 0 Å². The summed E-state index contributed by atoms with van der Waals surface area (Å²) in [6.45, 7) is 6.47. The van der Waals surface area contributed by atoms with Gasteiger partial charge in [0.2, 0.25) is 11.8 Å². The number of anilines is 1. The lowest BCUT2D eigenvalue weighted by molar-refractivity contribution is -0.123. The minimum Gasteiger partial charge on any atom is -0.348 e. The standard InChI is InChI=1S/C22H28ClN3O2/c1-15(2)17-9-11-18(12-10-17)16(3)24-21(27)13-26(4)14-22(28)25-20-8-6-5-7-19(20)23/h5-12,15-16H,13-14H2,1-4H3,(H,24,27)(H,25,28)/t16-/m0/s1. The number of likely N-dealkylation sites (N-methyl/N-ethyl adjacent to an activating group) is 1. The second-order valence-electron chi connectivity index (χ2n) is 7.31. The van der Waals surface area contributed by atoms with Crippen LogP contribution < -0.4 is 10.6 Å². The van der Waals surface area contributed by atoms with Crippen LogP contribution in [0.1, 0.15) is 43.9 Å². The molecule has 0 saturated carbocycles. The largest absolute Gasteiger partial charge is 0.348 e. The van der Waals surface area contributed by atoms with Crippen molar-refractivity contribution in [3.8, 4) is 0 Å². The van der Waals surface area contributed by atoms with Gasteiger partial charge in [-0.05, 0) is 43.1 Å². The van der Waals surface area contributed by atoms with Gasteiger partial charge >= 0.3 is 0 Å². The highest BCUT2D eigenvalue weighted by atomic mass is 35.5. The van der Waals surface area contributed by atoms with E-state index in [1.54, 1.807) is 36.2 Å². The number of nitrogens with zero attached hydrogens (tertiary/aromatic N) is 1. The molecule has 6 heteroatoms. The van der Waals surface area contributed by atoms with Crippen molar-refractivity contribution in [3.63, 3.8) is 0 Å². The van der Waals surface area contributed by atoms with Crippen LogP contribution >= 0.6 is 11.6 Å². The van der Waals surface area contributed by atoms with Gasteiger partial charge in [-0.3, -0.25) is 14.5 Å². The molecule has 2 aromatic rings. The molecule has 0 aliphatic rings. The molecule has 0 bridgehead atoms. The lowest BCUT2D eigenvalue weighted by Gasteiger charge is -2.19. The first-order valence-electron chi connectivity index (χ1n) is 9.38. The molecule has 0 fully saturated rings. The van der Waals surface area contributed by atoms with E-state index >= 15 is 0 Å². The maximum absolute atomic E-state index is 12.3. The summed E-state index contributed by atoms with van der Waals surface area (Å²) < 4.78 is 0. The van der Waals surface area contributed by atoms with E-state index in [9.17, 15) is 9.59 Å². The summed E-state index contributed by atoms with van der Waals surface area (Å²) >= 11 is 6.04. The van der Waals surface area contributed by atoms with Crippen molar-refractivity contribution >= 4 is 29.1 Å². The Hall–Kier alpha value is -2.37. The molecule has 0 aliphatic heterocycles. The molecule has 2 aromatic carbocycles. The highest BCUT2D eigenvalue weighted by Crippen LogP contribution is 2.20. The fourth-order valence-electron chi connectivity index (χ4n) is 2.84. The number of benzene rings is 2.